The summed E-state index contributed by atoms with van der Waals surface area (Å²) < 4.78 is 5.04. The first-order chi connectivity index (χ1) is 9.73. The Bertz CT molecular complexity index is 528. The Kier molecular flexibility index (Phi) is 5.77. The van der Waals surface area contributed by atoms with Gasteiger partial charge in [0.05, 0.1) is 0 Å². The summed E-state index contributed by atoms with van der Waals surface area (Å²) in [7, 11) is 0. The minimum atomic E-state index is -1.16. The van der Waals surface area contributed by atoms with E-state index in [1.54, 1.807) is 45.0 Å². The molecule has 0 bridgehead atoms. The van der Waals surface area contributed by atoms with Gasteiger partial charge in [0.25, 0.3) is 0 Å². The van der Waals surface area contributed by atoms with E-state index in [4.69, 9.17) is 11.2 Å². The van der Waals surface area contributed by atoms with Crippen molar-refractivity contribution in [3.8, 4) is 12.3 Å². The van der Waals surface area contributed by atoms with Gasteiger partial charge in [-0.1, -0.05) is 18.1 Å². The Hall–Kier alpha value is -2.03. The van der Waals surface area contributed by atoms with Crippen LogP contribution in [0.15, 0.2) is 24.3 Å². The SMILES string of the molecule is C#Cc1cccc(C(O)C(O)CNC(=O)OC(C)(C)C)c1. The Labute approximate surface area is 124 Å². The van der Waals surface area contributed by atoms with Crippen molar-refractivity contribution in [2.24, 2.45) is 0 Å². The van der Waals surface area contributed by atoms with Crippen LogP contribution >= 0.6 is 0 Å². The van der Waals surface area contributed by atoms with Crippen LogP contribution < -0.4 is 5.32 Å². The van der Waals surface area contributed by atoms with E-state index in [1.165, 1.54) is 0 Å². The minimum Gasteiger partial charge on any atom is -0.444 e. The van der Waals surface area contributed by atoms with Gasteiger partial charge in [0.2, 0.25) is 0 Å². The van der Waals surface area contributed by atoms with Crippen molar-refractivity contribution >= 4 is 6.09 Å². The fraction of sp³-hybridized carbons (Fsp3) is 0.438. The molecule has 0 radical (unpaired) electrons. The average Bonchev–Trinajstić information content (AvgIpc) is 2.42. The number of alkyl carbamates (subject to hydrolysis) is 1. The van der Waals surface area contributed by atoms with Crippen molar-refractivity contribution in [1.29, 1.82) is 0 Å². The van der Waals surface area contributed by atoms with Crippen molar-refractivity contribution in [2.45, 2.75) is 38.6 Å². The lowest BCUT2D eigenvalue weighted by Gasteiger charge is -2.22. The Morgan fingerprint density at radius 2 is 2.10 bits per heavy atom. The lowest BCUT2D eigenvalue weighted by atomic mass is 10.0. The number of carbonyl (C=O) groups is 1. The summed E-state index contributed by atoms with van der Waals surface area (Å²) in [4.78, 5) is 11.5. The second kappa shape index (κ2) is 7.11. The van der Waals surface area contributed by atoms with E-state index in [-0.39, 0.29) is 6.54 Å². The molecule has 1 aromatic rings. The number of ether oxygens (including phenoxy) is 1. The zero-order valence-electron chi connectivity index (χ0n) is 12.5. The highest BCUT2D eigenvalue weighted by molar-refractivity contribution is 5.67. The summed E-state index contributed by atoms with van der Waals surface area (Å²) in [6.07, 6.45) is 2.33. The number of amides is 1. The van der Waals surface area contributed by atoms with E-state index < -0.39 is 23.9 Å². The molecule has 0 heterocycles. The van der Waals surface area contributed by atoms with Crippen LogP contribution in [0.2, 0.25) is 0 Å². The number of terminal acetylenes is 1. The molecule has 1 aromatic carbocycles. The summed E-state index contributed by atoms with van der Waals surface area (Å²) in [5.41, 5.74) is 0.484. The van der Waals surface area contributed by atoms with Gasteiger partial charge >= 0.3 is 6.09 Å². The van der Waals surface area contributed by atoms with Crippen LogP contribution in [0.25, 0.3) is 0 Å². The number of aliphatic hydroxyl groups excluding tert-OH is 2. The molecular weight excluding hydrogens is 270 g/mol. The van der Waals surface area contributed by atoms with Gasteiger partial charge in [-0.3, -0.25) is 0 Å². The largest absolute Gasteiger partial charge is 0.444 e. The summed E-state index contributed by atoms with van der Waals surface area (Å²) in [6.45, 7) is 5.09. The van der Waals surface area contributed by atoms with Crippen LogP contribution in [0.1, 0.15) is 38.0 Å². The maximum absolute atomic E-state index is 11.5. The molecule has 21 heavy (non-hydrogen) atoms. The number of carbonyl (C=O) groups excluding carboxylic acids is 1. The molecule has 0 aromatic heterocycles. The van der Waals surface area contributed by atoms with E-state index in [2.05, 4.69) is 11.2 Å². The first kappa shape index (κ1) is 17.0. The Morgan fingerprint density at radius 1 is 1.43 bits per heavy atom. The summed E-state index contributed by atoms with van der Waals surface area (Å²) in [5.74, 6) is 2.45. The molecule has 2 atom stereocenters. The maximum atomic E-state index is 11.5. The van der Waals surface area contributed by atoms with E-state index >= 15 is 0 Å². The van der Waals surface area contributed by atoms with E-state index in [1.807, 2.05) is 0 Å². The van der Waals surface area contributed by atoms with E-state index in [9.17, 15) is 15.0 Å². The standard InChI is InChI=1S/C16H21NO4/c1-5-11-7-6-8-12(9-11)14(19)13(18)10-17-15(20)21-16(2,3)4/h1,6-9,13-14,18-19H,10H2,2-4H3,(H,17,20). The normalized spacial score (nSPS) is 13.9. The number of benzene rings is 1. The average molecular weight is 291 g/mol. The monoisotopic (exact) mass is 291 g/mol. The first-order valence-corrected chi connectivity index (χ1v) is 6.62. The Morgan fingerprint density at radius 3 is 2.67 bits per heavy atom. The number of nitrogens with one attached hydrogen (secondary N) is 1. The second-order valence-corrected chi connectivity index (χ2v) is 5.66. The smallest absolute Gasteiger partial charge is 0.407 e. The van der Waals surface area contributed by atoms with Crippen LogP contribution in [0, 0.1) is 12.3 Å². The van der Waals surface area contributed by atoms with Crippen LogP contribution in [-0.4, -0.2) is 34.6 Å². The van der Waals surface area contributed by atoms with E-state index in [0.717, 1.165) is 0 Å². The van der Waals surface area contributed by atoms with Gasteiger partial charge in [0.15, 0.2) is 0 Å². The topological polar surface area (TPSA) is 78.8 Å². The number of hydrogen-bond acceptors (Lipinski definition) is 4. The molecule has 0 aliphatic heterocycles. The quantitative estimate of drug-likeness (QED) is 0.736. The highest BCUT2D eigenvalue weighted by Gasteiger charge is 2.21. The highest BCUT2D eigenvalue weighted by Crippen LogP contribution is 2.18. The zero-order chi connectivity index (χ0) is 16.0. The van der Waals surface area contributed by atoms with Gasteiger partial charge < -0.3 is 20.3 Å². The van der Waals surface area contributed by atoms with Crippen molar-refractivity contribution in [3.63, 3.8) is 0 Å². The van der Waals surface area contributed by atoms with Gasteiger partial charge in [-0.25, -0.2) is 4.79 Å². The fourth-order valence-electron chi connectivity index (χ4n) is 1.65. The molecule has 3 N–H and O–H groups in total. The molecule has 114 valence electrons. The molecule has 5 heteroatoms. The Balaban J connectivity index is 2.57. The molecular formula is C16H21NO4. The third-order valence-electron chi connectivity index (χ3n) is 2.61. The predicted molar refractivity (Wildman–Crippen MR) is 79.6 cm³/mol. The van der Waals surface area contributed by atoms with Gasteiger partial charge in [-0.2, -0.15) is 0 Å². The van der Waals surface area contributed by atoms with Crippen molar-refractivity contribution in [2.75, 3.05) is 6.54 Å². The molecule has 2 unspecified atom stereocenters. The van der Waals surface area contributed by atoms with Crippen LogP contribution in [-0.2, 0) is 4.74 Å². The molecule has 1 amide bonds. The van der Waals surface area contributed by atoms with Gasteiger partial charge in [0, 0.05) is 12.1 Å². The lowest BCUT2D eigenvalue weighted by molar-refractivity contribution is 0.0129. The van der Waals surface area contributed by atoms with Crippen LogP contribution in [0.3, 0.4) is 0 Å². The first-order valence-electron chi connectivity index (χ1n) is 6.62. The third kappa shape index (κ3) is 5.86. The van der Waals surface area contributed by atoms with Gasteiger partial charge in [-0.15, -0.1) is 6.42 Å². The maximum Gasteiger partial charge on any atom is 0.407 e. The number of rotatable bonds is 4. The summed E-state index contributed by atoms with van der Waals surface area (Å²) >= 11 is 0. The zero-order valence-corrected chi connectivity index (χ0v) is 12.5. The van der Waals surface area contributed by atoms with E-state index in [0.29, 0.717) is 11.1 Å². The minimum absolute atomic E-state index is 0.129. The number of aliphatic hydroxyl groups is 2. The lowest BCUT2D eigenvalue weighted by Crippen LogP contribution is -2.38. The van der Waals surface area contributed by atoms with Crippen molar-refractivity contribution < 1.29 is 19.7 Å². The van der Waals surface area contributed by atoms with Crippen LogP contribution in [0.5, 0.6) is 0 Å². The summed E-state index contributed by atoms with van der Waals surface area (Å²) in [6, 6.07) is 6.69. The molecule has 0 saturated heterocycles. The third-order valence-corrected chi connectivity index (χ3v) is 2.61. The highest BCUT2D eigenvalue weighted by atomic mass is 16.6. The van der Waals surface area contributed by atoms with Crippen LogP contribution in [0.4, 0.5) is 4.79 Å². The predicted octanol–water partition coefficient (Wildman–Crippen LogP) is 1.59. The molecule has 0 aliphatic rings. The number of hydrogen-bond donors (Lipinski definition) is 3. The fourth-order valence-corrected chi connectivity index (χ4v) is 1.65. The van der Waals surface area contributed by atoms with Gasteiger partial charge in [0.1, 0.15) is 17.8 Å². The molecule has 0 spiro atoms. The molecule has 1 rings (SSSR count). The molecule has 0 aliphatic carbocycles. The molecule has 0 fully saturated rings. The molecule has 5 nitrogen and oxygen atoms in total. The molecule has 0 saturated carbocycles. The second-order valence-electron chi connectivity index (χ2n) is 5.66. The van der Waals surface area contributed by atoms with Crippen molar-refractivity contribution in [3.05, 3.63) is 35.4 Å². The van der Waals surface area contributed by atoms with Gasteiger partial charge in [-0.05, 0) is 38.5 Å². The summed E-state index contributed by atoms with van der Waals surface area (Å²) in [5, 5.41) is 22.4. The van der Waals surface area contributed by atoms with Crippen molar-refractivity contribution in [1.82, 2.24) is 5.32 Å².